The minimum Gasteiger partial charge on any atom is -0.474 e. The Morgan fingerprint density at radius 1 is 1.40 bits per heavy atom. The van der Waals surface area contributed by atoms with Crippen LogP contribution in [0.1, 0.15) is 11.1 Å². The first-order valence-corrected chi connectivity index (χ1v) is 4.66. The predicted octanol–water partition coefficient (Wildman–Crippen LogP) is 0.738. The maximum Gasteiger partial charge on any atom is 0.394 e. The van der Waals surface area contributed by atoms with Crippen molar-refractivity contribution in [3.63, 3.8) is 0 Å². The van der Waals surface area contributed by atoms with Crippen LogP contribution in [0.15, 0.2) is 24.3 Å². The number of rotatable bonds is 3. The monoisotopic (exact) mass is 207 g/mol. The van der Waals surface area contributed by atoms with Crippen molar-refractivity contribution in [3.8, 4) is 0 Å². The molecule has 0 aliphatic carbocycles. The van der Waals surface area contributed by atoms with E-state index in [0.29, 0.717) is 13.0 Å². The van der Waals surface area contributed by atoms with E-state index in [1.807, 2.05) is 31.2 Å². The van der Waals surface area contributed by atoms with E-state index >= 15 is 0 Å². The summed E-state index contributed by atoms with van der Waals surface area (Å²) in [5.74, 6) is -2.40. The highest BCUT2D eigenvalue weighted by Crippen LogP contribution is 2.03. The normalized spacial score (nSPS) is 9.67. The van der Waals surface area contributed by atoms with Gasteiger partial charge < -0.3 is 10.4 Å². The molecule has 0 saturated carbocycles. The van der Waals surface area contributed by atoms with Gasteiger partial charge >= 0.3 is 11.9 Å². The van der Waals surface area contributed by atoms with Gasteiger partial charge in [-0.05, 0) is 18.9 Å². The third-order valence-electron chi connectivity index (χ3n) is 1.98. The van der Waals surface area contributed by atoms with Gasteiger partial charge in [-0.25, -0.2) is 4.79 Å². The summed E-state index contributed by atoms with van der Waals surface area (Å²) in [5.41, 5.74) is 2.23. The fourth-order valence-electron chi connectivity index (χ4n) is 1.26. The molecule has 0 aliphatic rings. The summed E-state index contributed by atoms with van der Waals surface area (Å²) in [6.45, 7) is 2.33. The number of amides is 1. The van der Waals surface area contributed by atoms with E-state index in [1.54, 1.807) is 0 Å². The maximum absolute atomic E-state index is 10.7. The summed E-state index contributed by atoms with van der Waals surface area (Å²) in [7, 11) is 0. The number of aliphatic carboxylic acids is 1. The SMILES string of the molecule is Cc1cccc(CCNC(=O)C(=O)O)c1. The van der Waals surface area contributed by atoms with Crippen LogP contribution in [-0.4, -0.2) is 23.5 Å². The zero-order chi connectivity index (χ0) is 11.3. The van der Waals surface area contributed by atoms with Gasteiger partial charge in [0.2, 0.25) is 0 Å². The molecule has 4 nitrogen and oxygen atoms in total. The lowest BCUT2D eigenvalue weighted by Gasteiger charge is -2.03. The van der Waals surface area contributed by atoms with E-state index in [9.17, 15) is 9.59 Å². The molecule has 0 radical (unpaired) electrons. The summed E-state index contributed by atoms with van der Waals surface area (Å²) in [5, 5.41) is 10.6. The van der Waals surface area contributed by atoms with Crippen molar-refractivity contribution in [2.45, 2.75) is 13.3 Å². The van der Waals surface area contributed by atoms with Crippen molar-refractivity contribution < 1.29 is 14.7 Å². The van der Waals surface area contributed by atoms with Gasteiger partial charge in [-0.15, -0.1) is 0 Å². The third-order valence-corrected chi connectivity index (χ3v) is 1.98. The first-order valence-electron chi connectivity index (χ1n) is 4.66. The number of hydrogen-bond donors (Lipinski definition) is 2. The van der Waals surface area contributed by atoms with Crippen LogP contribution in [0.4, 0.5) is 0 Å². The van der Waals surface area contributed by atoms with Gasteiger partial charge in [0, 0.05) is 6.54 Å². The molecule has 4 heteroatoms. The van der Waals surface area contributed by atoms with Crippen LogP contribution in [0.5, 0.6) is 0 Å². The molecule has 1 aromatic rings. The molecule has 0 bridgehead atoms. The summed E-state index contributed by atoms with van der Waals surface area (Å²) in [4.78, 5) is 20.9. The average Bonchev–Trinajstić information content (AvgIpc) is 2.17. The second-order valence-electron chi connectivity index (χ2n) is 3.30. The molecular weight excluding hydrogens is 194 g/mol. The highest BCUT2D eigenvalue weighted by atomic mass is 16.4. The lowest BCUT2D eigenvalue weighted by Crippen LogP contribution is -2.32. The number of carboxylic acids is 1. The number of nitrogens with one attached hydrogen (secondary N) is 1. The Bertz CT molecular complexity index is 374. The Kier molecular flexibility index (Phi) is 3.85. The molecule has 0 aliphatic heterocycles. The van der Waals surface area contributed by atoms with Crippen molar-refractivity contribution in [2.75, 3.05) is 6.54 Å². The van der Waals surface area contributed by atoms with Crippen LogP contribution < -0.4 is 5.32 Å². The Labute approximate surface area is 87.9 Å². The molecule has 0 spiro atoms. The van der Waals surface area contributed by atoms with Crippen LogP contribution >= 0.6 is 0 Å². The third kappa shape index (κ3) is 3.81. The van der Waals surface area contributed by atoms with Gasteiger partial charge in [0.15, 0.2) is 0 Å². The van der Waals surface area contributed by atoms with E-state index < -0.39 is 11.9 Å². The molecule has 0 fully saturated rings. The quantitative estimate of drug-likeness (QED) is 0.718. The lowest BCUT2D eigenvalue weighted by atomic mass is 10.1. The van der Waals surface area contributed by atoms with Crippen molar-refractivity contribution >= 4 is 11.9 Å². The lowest BCUT2D eigenvalue weighted by molar-refractivity contribution is -0.150. The fourth-order valence-corrected chi connectivity index (χ4v) is 1.26. The highest BCUT2D eigenvalue weighted by molar-refractivity contribution is 6.31. The van der Waals surface area contributed by atoms with E-state index in [4.69, 9.17) is 5.11 Å². The molecule has 2 N–H and O–H groups in total. The average molecular weight is 207 g/mol. The molecule has 1 amide bonds. The van der Waals surface area contributed by atoms with Crippen LogP contribution in [-0.2, 0) is 16.0 Å². The summed E-state index contributed by atoms with van der Waals surface area (Å²) >= 11 is 0. The van der Waals surface area contributed by atoms with Gasteiger partial charge in [0.25, 0.3) is 0 Å². The van der Waals surface area contributed by atoms with Crippen LogP contribution in [0, 0.1) is 6.92 Å². The van der Waals surface area contributed by atoms with Crippen LogP contribution in [0.2, 0.25) is 0 Å². The summed E-state index contributed by atoms with van der Waals surface area (Å²) < 4.78 is 0. The van der Waals surface area contributed by atoms with E-state index in [2.05, 4.69) is 5.32 Å². The summed E-state index contributed by atoms with van der Waals surface area (Å²) in [6.07, 6.45) is 0.640. The summed E-state index contributed by atoms with van der Waals surface area (Å²) in [6, 6.07) is 7.87. The van der Waals surface area contributed by atoms with Crippen LogP contribution in [0.3, 0.4) is 0 Å². The topological polar surface area (TPSA) is 66.4 Å². The molecular formula is C11H13NO3. The molecule has 0 unspecified atom stereocenters. The smallest absolute Gasteiger partial charge is 0.394 e. The molecule has 0 atom stereocenters. The van der Waals surface area contributed by atoms with E-state index in [1.165, 1.54) is 0 Å². The number of carbonyl (C=O) groups is 2. The van der Waals surface area contributed by atoms with Crippen molar-refractivity contribution in [3.05, 3.63) is 35.4 Å². The molecule has 1 rings (SSSR count). The standard InChI is InChI=1S/C11H13NO3/c1-8-3-2-4-9(7-8)5-6-12-10(13)11(14)15/h2-4,7H,5-6H2,1H3,(H,12,13)(H,14,15). The van der Waals surface area contributed by atoms with Gasteiger partial charge in [-0.2, -0.15) is 0 Å². The largest absolute Gasteiger partial charge is 0.474 e. The zero-order valence-electron chi connectivity index (χ0n) is 8.49. The second kappa shape index (κ2) is 5.14. The van der Waals surface area contributed by atoms with Crippen molar-refractivity contribution in [1.29, 1.82) is 0 Å². The first-order chi connectivity index (χ1) is 7.09. The molecule has 1 aromatic carbocycles. The van der Waals surface area contributed by atoms with Crippen molar-refractivity contribution in [2.24, 2.45) is 0 Å². The Morgan fingerprint density at radius 3 is 2.73 bits per heavy atom. The minimum absolute atomic E-state index is 0.342. The van der Waals surface area contributed by atoms with Gasteiger partial charge in [-0.1, -0.05) is 29.8 Å². The Balaban J connectivity index is 2.38. The minimum atomic E-state index is -1.45. The highest BCUT2D eigenvalue weighted by Gasteiger charge is 2.08. The molecule has 0 saturated heterocycles. The predicted molar refractivity (Wildman–Crippen MR) is 55.5 cm³/mol. The number of carbonyl (C=O) groups excluding carboxylic acids is 1. The fraction of sp³-hybridized carbons (Fsp3) is 0.273. The molecule has 15 heavy (non-hydrogen) atoms. The molecule has 0 heterocycles. The van der Waals surface area contributed by atoms with E-state index in [0.717, 1.165) is 11.1 Å². The molecule has 80 valence electrons. The Morgan fingerprint density at radius 2 is 2.13 bits per heavy atom. The number of aryl methyl sites for hydroxylation is 1. The van der Waals surface area contributed by atoms with Crippen molar-refractivity contribution in [1.82, 2.24) is 5.32 Å². The second-order valence-corrected chi connectivity index (χ2v) is 3.30. The van der Waals surface area contributed by atoms with E-state index in [-0.39, 0.29) is 0 Å². The molecule has 0 aromatic heterocycles. The maximum atomic E-state index is 10.7. The Hall–Kier alpha value is -1.84. The number of carboxylic acid groups (broad SMARTS) is 1. The zero-order valence-corrected chi connectivity index (χ0v) is 8.49. The number of benzene rings is 1. The number of hydrogen-bond acceptors (Lipinski definition) is 2. The van der Waals surface area contributed by atoms with Gasteiger partial charge in [0.1, 0.15) is 0 Å². The first kappa shape index (κ1) is 11.2. The van der Waals surface area contributed by atoms with Crippen LogP contribution in [0.25, 0.3) is 0 Å². The van der Waals surface area contributed by atoms with Gasteiger partial charge in [0.05, 0.1) is 0 Å². The van der Waals surface area contributed by atoms with Gasteiger partial charge in [-0.3, -0.25) is 4.79 Å².